The van der Waals surface area contributed by atoms with Crippen molar-refractivity contribution in [3.8, 4) is 6.07 Å². The lowest BCUT2D eigenvalue weighted by Crippen LogP contribution is -2.06. The molecule has 0 saturated carbocycles. The summed E-state index contributed by atoms with van der Waals surface area (Å²) in [7, 11) is 0. The van der Waals surface area contributed by atoms with Crippen molar-refractivity contribution in [2.75, 3.05) is 0 Å². The molecule has 0 bridgehead atoms. The Morgan fingerprint density at radius 2 is 2.06 bits per heavy atom. The summed E-state index contributed by atoms with van der Waals surface area (Å²) >= 11 is 0. The van der Waals surface area contributed by atoms with E-state index in [0.29, 0.717) is 11.5 Å². The number of carbonyl (C=O) groups excluding carboxylic acids is 1. The molecule has 0 heterocycles. The van der Waals surface area contributed by atoms with Gasteiger partial charge < -0.3 is 0 Å². The largest absolute Gasteiger partial charge is 0.288 e. The molecule has 1 aliphatic carbocycles. The van der Waals surface area contributed by atoms with Crippen molar-refractivity contribution in [1.29, 1.82) is 5.26 Å². The smallest absolute Gasteiger partial charge is 0.203 e. The van der Waals surface area contributed by atoms with Gasteiger partial charge in [-0.25, -0.2) is 0 Å². The number of carbonyl (C=O) groups is 1. The lowest BCUT2D eigenvalue weighted by atomic mass is 9.91. The van der Waals surface area contributed by atoms with Gasteiger partial charge >= 0.3 is 0 Å². The van der Waals surface area contributed by atoms with E-state index in [-0.39, 0.29) is 11.4 Å². The van der Waals surface area contributed by atoms with E-state index < -0.39 is 0 Å². The SMILES string of the molecule is N#C/C(=C\[C@@H]1CC=CCC1)C(=O)c1ccccc1. The predicted octanol–water partition coefficient (Wildman–Crippen LogP) is 3.68. The zero-order valence-electron chi connectivity index (χ0n) is 10.2. The third kappa shape index (κ3) is 2.95. The maximum atomic E-state index is 12.1. The highest BCUT2D eigenvalue weighted by Crippen LogP contribution is 2.21. The van der Waals surface area contributed by atoms with Crippen molar-refractivity contribution < 1.29 is 4.79 Å². The fraction of sp³-hybridized carbons (Fsp3) is 0.250. The Kier molecular flexibility index (Phi) is 4.09. The molecule has 1 aromatic carbocycles. The van der Waals surface area contributed by atoms with E-state index >= 15 is 0 Å². The van der Waals surface area contributed by atoms with Crippen LogP contribution in [-0.4, -0.2) is 5.78 Å². The monoisotopic (exact) mass is 237 g/mol. The first kappa shape index (κ1) is 12.3. The minimum absolute atomic E-state index is 0.173. The second-order valence-electron chi connectivity index (χ2n) is 4.43. The number of nitriles is 1. The van der Waals surface area contributed by atoms with Crippen LogP contribution < -0.4 is 0 Å². The summed E-state index contributed by atoms with van der Waals surface area (Å²) in [6.07, 6.45) is 9.07. The highest BCUT2D eigenvalue weighted by Gasteiger charge is 2.15. The highest BCUT2D eigenvalue weighted by atomic mass is 16.1. The van der Waals surface area contributed by atoms with Crippen LogP contribution in [0.2, 0.25) is 0 Å². The molecular weight excluding hydrogens is 222 g/mol. The van der Waals surface area contributed by atoms with E-state index in [2.05, 4.69) is 12.2 Å². The Hall–Kier alpha value is -2.14. The van der Waals surface area contributed by atoms with Crippen LogP contribution in [0.25, 0.3) is 0 Å². The molecule has 2 rings (SSSR count). The summed E-state index contributed by atoms with van der Waals surface area (Å²) in [4.78, 5) is 12.1. The molecule has 0 N–H and O–H groups in total. The third-order valence-corrected chi connectivity index (χ3v) is 3.11. The van der Waals surface area contributed by atoms with Gasteiger partial charge in [0.15, 0.2) is 0 Å². The summed E-state index contributed by atoms with van der Waals surface area (Å²) in [5.74, 6) is 0.143. The number of allylic oxidation sites excluding steroid dienone is 4. The number of Topliss-reactive ketones (excluding diaryl/α,β-unsaturated/α-hetero) is 1. The summed E-state index contributed by atoms with van der Waals surface area (Å²) in [6, 6.07) is 11.0. The van der Waals surface area contributed by atoms with Gasteiger partial charge in [-0.15, -0.1) is 0 Å². The molecule has 2 nitrogen and oxygen atoms in total. The predicted molar refractivity (Wildman–Crippen MR) is 70.9 cm³/mol. The average molecular weight is 237 g/mol. The van der Waals surface area contributed by atoms with Gasteiger partial charge in [-0.1, -0.05) is 48.6 Å². The van der Waals surface area contributed by atoms with Crippen LogP contribution in [0.4, 0.5) is 0 Å². The van der Waals surface area contributed by atoms with E-state index in [1.807, 2.05) is 30.3 Å². The summed E-state index contributed by atoms with van der Waals surface area (Å²) in [5.41, 5.74) is 0.846. The molecule has 1 aliphatic rings. The number of hydrogen-bond acceptors (Lipinski definition) is 2. The van der Waals surface area contributed by atoms with Crippen molar-refractivity contribution in [2.45, 2.75) is 19.3 Å². The standard InChI is InChI=1S/C16H15NO/c17-12-15(11-13-7-3-1-4-8-13)16(18)14-9-5-2-6-10-14/h1-3,5-6,9-11,13H,4,7-8H2/b15-11+/t13-/m1/s1. The first-order valence-electron chi connectivity index (χ1n) is 6.18. The normalized spacial score (nSPS) is 19.3. The molecular formula is C16H15NO. The maximum absolute atomic E-state index is 12.1. The quantitative estimate of drug-likeness (QED) is 0.348. The van der Waals surface area contributed by atoms with Gasteiger partial charge in [0.05, 0.1) is 5.57 Å². The number of nitrogens with zero attached hydrogens (tertiary/aromatic N) is 1. The molecule has 0 radical (unpaired) electrons. The molecule has 0 fully saturated rings. The van der Waals surface area contributed by atoms with Crippen LogP contribution in [0.5, 0.6) is 0 Å². The first-order valence-corrected chi connectivity index (χ1v) is 6.18. The van der Waals surface area contributed by atoms with Gasteiger partial charge in [0.1, 0.15) is 6.07 Å². The molecule has 90 valence electrons. The highest BCUT2D eigenvalue weighted by molar-refractivity contribution is 6.11. The van der Waals surface area contributed by atoms with Crippen LogP contribution in [-0.2, 0) is 0 Å². The average Bonchev–Trinajstić information content (AvgIpc) is 2.46. The van der Waals surface area contributed by atoms with Gasteiger partial charge in [-0.2, -0.15) is 5.26 Å². The topological polar surface area (TPSA) is 40.9 Å². The molecule has 2 heteroatoms. The zero-order chi connectivity index (χ0) is 12.8. The third-order valence-electron chi connectivity index (χ3n) is 3.11. The van der Waals surface area contributed by atoms with Gasteiger partial charge in [-0.3, -0.25) is 4.79 Å². The van der Waals surface area contributed by atoms with Crippen molar-refractivity contribution >= 4 is 5.78 Å². The number of ketones is 1. The summed E-state index contributed by atoms with van der Waals surface area (Å²) in [6.45, 7) is 0. The minimum atomic E-state index is -0.173. The Labute approximate surface area is 107 Å². The molecule has 1 aromatic rings. The van der Waals surface area contributed by atoms with Crippen molar-refractivity contribution in [3.05, 3.63) is 59.7 Å². The Bertz CT molecular complexity index is 520. The second kappa shape index (κ2) is 5.97. The minimum Gasteiger partial charge on any atom is -0.288 e. The Morgan fingerprint density at radius 1 is 1.28 bits per heavy atom. The van der Waals surface area contributed by atoms with Crippen molar-refractivity contribution in [3.63, 3.8) is 0 Å². The van der Waals surface area contributed by atoms with Gasteiger partial charge in [0.2, 0.25) is 5.78 Å². The van der Waals surface area contributed by atoms with Crippen molar-refractivity contribution in [1.82, 2.24) is 0 Å². The first-order chi connectivity index (χ1) is 8.81. The molecule has 0 aliphatic heterocycles. The van der Waals surface area contributed by atoms with Crippen molar-refractivity contribution in [2.24, 2.45) is 5.92 Å². The van der Waals surface area contributed by atoms with E-state index in [0.717, 1.165) is 19.3 Å². The molecule has 0 unspecified atom stereocenters. The van der Waals surface area contributed by atoms with Crippen LogP contribution in [0.15, 0.2) is 54.1 Å². The molecule has 1 atom stereocenters. The molecule has 18 heavy (non-hydrogen) atoms. The maximum Gasteiger partial charge on any atom is 0.203 e. The van der Waals surface area contributed by atoms with Gasteiger partial charge in [-0.05, 0) is 25.2 Å². The Morgan fingerprint density at radius 3 is 2.67 bits per heavy atom. The van der Waals surface area contributed by atoms with E-state index in [1.165, 1.54) is 0 Å². The van der Waals surface area contributed by atoms with Crippen LogP contribution in [0.1, 0.15) is 29.6 Å². The summed E-state index contributed by atoms with van der Waals surface area (Å²) in [5, 5.41) is 9.13. The van der Waals surface area contributed by atoms with E-state index in [9.17, 15) is 4.79 Å². The molecule has 0 amide bonds. The van der Waals surface area contributed by atoms with E-state index in [4.69, 9.17) is 5.26 Å². The van der Waals surface area contributed by atoms with Gasteiger partial charge in [0.25, 0.3) is 0 Å². The number of rotatable bonds is 3. The van der Waals surface area contributed by atoms with E-state index in [1.54, 1.807) is 12.1 Å². The summed E-state index contributed by atoms with van der Waals surface area (Å²) < 4.78 is 0. The molecule has 0 spiro atoms. The number of benzene rings is 1. The fourth-order valence-corrected chi connectivity index (χ4v) is 2.11. The lowest BCUT2D eigenvalue weighted by Gasteiger charge is -2.13. The lowest BCUT2D eigenvalue weighted by molar-refractivity contribution is 0.103. The molecule has 0 saturated heterocycles. The molecule has 0 aromatic heterocycles. The van der Waals surface area contributed by atoms with Gasteiger partial charge in [0, 0.05) is 5.56 Å². The van der Waals surface area contributed by atoms with Crippen LogP contribution >= 0.6 is 0 Å². The van der Waals surface area contributed by atoms with Crippen LogP contribution in [0.3, 0.4) is 0 Å². The zero-order valence-corrected chi connectivity index (χ0v) is 10.2. The Balaban J connectivity index is 2.19. The fourth-order valence-electron chi connectivity index (χ4n) is 2.11. The second-order valence-corrected chi connectivity index (χ2v) is 4.43. The van der Waals surface area contributed by atoms with Crippen LogP contribution in [0, 0.1) is 17.2 Å². The number of hydrogen-bond donors (Lipinski definition) is 0.